The van der Waals surface area contributed by atoms with Gasteiger partial charge in [0, 0.05) is 23.5 Å². The number of rotatable bonds is 4. The number of hydrogen-bond donors (Lipinski definition) is 4. The van der Waals surface area contributed by atoms with Crippen LogP contribution in [0.15, 0.2) is 48.8 Å². The van der Waals surface area contributed by atoms with Gasteiger partial charge >= 0.3 is 0 Å². The lowest BCUT2D eigenvalue weighted by Gasteiger charge is -2.17. The fraction of sp³-hybridized carbons (Fsp3) is 0.190. The predicted molar refractivity (Wildman–Crippen MR) is 114 cm³/mol. The quantitative estimate of drug-likeness (QED) is 0.415. The maximum atomic E-state index is 12.7. The number of carbonyl (C=O) groups excluding carboxylic acids is 2. The first kappa shape index (κ1) is 19.3. The topological polar surface area (TPSA) is 128 Å². The van der Waals surface area contributed by atoms with E-state index in [9.17, 15) is 9.59 Å². The summed E-state index contributed by atoms with van der Waals surface area (Å²) in [4.78, 5) is 43.9. The van der Waals surface area contributed by atoms with Crippen molar-refractivity contribution in [2.75, 3.05) is 10.6 Å². The highest BCUT2D eigenvalue weighted by molar-refractivity contribution is 6.11. The van der Waals surface area contributed by atoms with Crippen LogP contribution in [0.1, 0.15) is 47.3 Å². The molecule has 0 aliphatic rings. The van der Waals surface area contributed by atoms with E-state index in [0.29, 0.717) is 28.2 Å². The second-order valence-electron chi connectivity index (χ2n) is 7.79. The van der Waals surface area contributed by atoms with Gasteiger partial charge in [0.1, 0.15) is 11.2 Å². The van der Waals surface area contributed by atoms with Gasteiger partial charge < -0.3 is 9.97 Å². The van der Waals surface area contributed by atoms with Crippen LogP contribution in [0.2, 0.25) is 0 Å². The number of fused-ring (bicyclic) bond motifs is 1. The monoisotopic (exact) mass is 403 g/mol. The molecular weight excluding hydrogens is 382 g/mol. The van der Waals surface area contributed by atoms with E-state index in [-0.39, 0.29) is 23.2 Å². The summed E-state index contributed by atoms with van der Waals surface area (Å²) < 4.78 is 0. The minimum atomic E-state index is -0.387. The molecule has 9 nitrogen and oxygen atoms in total. The number of aromatic amines is 2. The Labute approximate surface area is 172 Å². The molecule has 4 aromatic rings. The van der Waals surface area contributed by atoms with Gasteiger partial charge in [0.05, 0.1) is 11.1 Å². The highest BCUT2D eigenvalue weighted by Crippen LogP contribution is 2.22. The Hall–Kier alpha value is -4.01. The first-order valence-electron chi connectivity index (χ1n) is 9.39. The Bertz CT molecular complexity index is 1220. The lowest BCUT2D eigenvalue weighted by Crippen LogP contribution is -2.19. The summed E-state index contributed by atoms with van der Waals surface area (Å²) in [5, 5.41) is 5.39. The van der Waals surface area contributed by atoms with Crippen molar-refractivity contribution in [1.29, 1.82) is 0 Å². The van der Waals surface area contributed by atoms with Gasteiger partial charge in [-0.25, -0.2) is 15.0 Å². The molecule has 3 heterocycles. The van der Waals surface area contributed by atoms with Gasteiger partial charge in [0.2, 0.25) is 11.9 Å². The van der Waals surface area contributed by atoms with Crippen molar-refractivity contribution in [2.24, 2.45) is 0 Å². The van der Waals surface area contributed by atoms with Crippen molar-refractivity contribution in [3.8, 4) is 0 Å². The van der Waals surface area contributed by atoms with Crippen LogP contribution in [-0.4, -0.2) is 36.7 Å². The van der Waals surface area contributed by atoms with E-state index in [1.165, 1.54) is 0 Å². The molecular formula is C21H21N7O2. The van der Waals surface area contributed by atoms with E-state index >= 15 is 0 Å². The smallest absolute Gasteiger partial charge is 0.276 e. The molecule has 0 saturated heterocycles. The summed E-state index contributed by atoms with van der Waals surface area (Å²) in [7, 11) is 0. The lowest BCUT2D eigenvalue weighted by molar-refractivity contribution is 0.101. The second kappa shape index (κ2) is 7.43. The van der Waals surface area contributed by atoms with Crippen molar-refractivity contribution in [3.05, 3.63) is 65.7 Å². The number of aromatic nitrogens is 5. The fourth-order valence-electron chi connectivity index (χ4n) is 2.93. The van der Waals surface area contributed by atoms with E-state index in [1.54, 1.807) is 42.7 Å². The van der Waals surface area contributed by atoms with Crippen molar-refractivity contribution in [1.82, 2.24) is 24.9 Å². The van der Waals surface area contributed by atoms with Gasteiger partial charge in [-0.1, -0.05) is 32.9 Å². The van der Waals surface area contributed by atoms with Crippen molar-refractivity contribution >= 4 is 34.7 Å². The number of amides is 2. The molecule has 0 bridgehead atoms. The third kappa shape index (κ3) is 3.90. The third-order valence-corrected chi connectivity index (χ3v) is 4.47. The van der Waals surface area contributed by atoms with Crippen LogP contribution in [0.25, 0.3) is 11.0 Å². The average molecular weight is 403 g/mol. The number of anilines is 2. The fourth-order valence-corrected chi connectivity index (χ4v) is 2.93. The summed E-state index contributed by atoms with van der Waals surface area (Å²) in [5.74, 6) is -0.178. The molecule has 0 unspecified atom stereocenters. The van der Waals surface area contributed by atoms with Crippen LogP contribution in [0.3, 0.4) is 0 Å². The third-order valence-electron chi connectivity index (χ3n) is 4.47. The summed E-state index contributed by atoms with van der Waals surface area (Å²) >= 11 is 0. The number of para-hydroxylation sites is 1. The van der Waals surface area contributed by atoms with E-state index in [4.69, 9.17) is 0 Å². The molecule has 0 spiro atoms. The number of nitrogens with zero attached hydrogens (tertiary/aromatic N) is 3. The second-order valence-corrected chi connectivity index (χ2v) is 7.79. The lowest BCUT2D eigenvalue weighted by atomic mass is 9.91. The number of benzene rings is 1. The molecule has 0 fully saturated rings. The maximum absolute atomic E-state index is 12.7. The first-order chi connectivity index (χ1) is 14.3. The van der Waals surface area contributed by atoms with Crippen molar-refractivity contribution in [2.45, 2.75) is 26.2 Å². The largest absolute Gasteiger partial charge is 0.331 e. The Balaban J connectivity index is 1.59. The van der Waals surface area contributed by atoms with Gasteiger partial charge in [-0.3, -0.25) is 20.2 Å². The highest BCUT2D eigenvalue weighted by atomic mass is 16.2. The molecule has 0 radical (unpaired) electrons. The maximum Gasteiger partial charge on any atom is 0.276 e. The molecule has 0 aliphatic heterocycles. The molecule has 152 valence electrons. The molecule has 0 atom stereocenters. The Morgan fingerprint density at radius 3 is 2.43 bits per heavy atom. The zero-order valence-corrected chi connectivity index (χ0v) is 16.8. The molecule has 0 saturated carbocycles. The van der Waals surface area contributed by atoms with Crippen LogP contribution in [0.5, 0.6) is 0 Å². The number of hydrogen-bond acceptors (Lipinski definition) is 5. The zero-order chi connectivity index (χ0) is 21.3. The van der Waals surface area contributed by atoms with E-state index < -0.39 is 0 Å². The van der Waals surface area contributed by atoms with E-state index in [1.807, 2.05) is 26.8 Å². The molecule has 1 aromatic carbocycles. The molecule has 3 aromatic heterocycles. The Morgan fingerprint density at radius 1 is 0.933 bits per heavy atom. The van der Waals surface area contributed by atoms with E-state index in [2.05, 4.69) is 35.6 Å². The van der Waals surface area contributed by atoms with Crippen LogP contribution in [0.4, 0.5) is 11.9 Å². The van der Waals surface area contributed by atoms with Crippen LogP contribution >= 0.6 is 0 Å². The Morgan fingerprint density at radius 2 is 1.70 bits per heavy atom. The zero-order valence-electron chi connectivity index (χ0n) is 16.8. The molecule has 30 heavy (non-hydrogen) atoms. The van der Waals surface area contributed by atoms with Gasteiger partial charge in [-0.2, -0.15) is 0 Å². The molecule has 4 rings (SSSR count). The summed E-state index contributed by atoms with van der Waals surface area (Å²) in [6.07, 6.45) is 3.15. The molecule has 0 aliphatic carbocycles. The molecule has 9 heteroatoms. The number of H-pyrrole nitrogens is 2. The van der Waals surface area contributed by atoms with E-state index in [0.717, 1.165) is 5.69 Å². The number of imidazole rings is 2. The average Bonchev–Trinajstić information content (AvgIpc) is 3.36. The summed E-state index contributed by atoms with van der Waals surface area (Å²) in [5.41, 5.74) is 2.34. The standard InChI is InChI=1S/C21H21N7O2/c1-21(2,3)15-9-5-8-14(24-15)18(30)28-20-25-13-7-4-6-12(16(13)26-20)17(29)27-19-22-10-11-23-19/h4-11H,1-3H3,(H2,22,23,27,29)(H2,25,26,28,30). The predicted octanol–water partition coefficient (Wildman–Crippen LogP) is 3.48. The van der Waals surface area contributed by atoms with Crippen LogP contribution < -0.4 is 10.6 Å². The minimum Gasteiger partial charge on any atom is -0.331 e. The Kier molecular flexibility index (Phi) is 4.78. The van der Waals surface area contributed by atoms with Crippen LogP contribution in [0, 0.1) is 0 Å². The summed E-state index contributed by atoms with van der Waals surface area (Å²) in [6, 6.07) is 10.5. The highest BCUT2D eigenvalue weighted by Gasteiger charge is 2.19. The van der Waals surface area contributed by atoms with Gasteiger partial charge in [-0.05, 0) is 24.3 Å². The van der Waals surface area contributed by atoms with Gasteiger partial charge in [0.25, 0.3) is 11.8 Å². The van der Waals surface area contributed by atoms with Gasteiger partial charge in [0.15, 0.2) is 0 Å². The minimum absolute atomic E-state index is 0.175. The summed E-state index contributed by atoms with van der Waals surface area (Å²) in [6.45, 7) is 6.10. The first-order valence-corrected chi connectivity index (χ1v) is 9.39. The molecule has 2 amide bonds. The molecule has 4 N–H and O–H groups in total. The number of pyridine rings is 1. The number of nitrogens with one attached hydrogen (secondary N) is 4. The van der Waals surface area contributed by atoms with Crippen molar-refractivity contribution < 1.29 is 9.59 Å². The van der Waals surface area contributed by atoms with Gasteiger partial charge in [-0.15, -0.1) is 0 Å². The van der Waals surface area contributed by atoms with Crippen LogP contribution in [-0.2, 0) is 5.41 Å². The normalized spacial score (nSPS) is 11.4. The van der Waals surface area contributed by atoms with Crippen molar-refractivity contribution in [3.63, 3.8) is 0 Å². The number of carbonyl (C=O) groups is 2. The SMILES string of the molecule is CC(C)(C)c1cccc(C(=O)Nc2nc3c(C(=O)Nc4ncc[nH]4)cccc3[nH]2)n1.